The molecule has 1 amide bonds. The summed E-state index contributed by atoms with van der Waals surface area (Å²) in [6.45, 7) is -0.164. The number of alkyl halides is 1. The third kappa shape index (κ3) is 3.90. The molecule has 22 heavy (non-hydrogen) atoms. The molecule has 120 valence electrons. The highest BCUT2D eigenvalue weighted by atomic mass is 35.5. The Labute approximate surface area is 130 Å². The van der Waals surface area contributed by atoms with Gasteiger partial charge in [-0.15, -0.1) is 11.6 Å². The number of nitrogens with one attached hydrogen (secondary N) is 1. The average Bonchev–Trinajstić information content (AvgIpc) is 2.97. The Morgan fingerprint density at radius 3 is 3.05 bits per heavy atom. The number of carbonyl (C=O) groups is 1. The van der Waals surface area contributed by atoms with Gasteiger partial charge in [0.25, 0.3) is 0 Å². The van der Waals surface area contributed by atoms with E-state index in [4.69, 9.17) is 21.4 Å². The lowest BCUT2D eigenvalue weighted by Gasteiger charge is -2.15. The molecule has 2 atom stereocenters. The van der Waals surface area contributed by atoms with E-state index in [1.807, 2.05) is 0 Å². The van der Waals surface area contributed by atoms with E-state index in [9.17, 15) is 14.0 Å². The van der Waals surface area contributed by atoms with E-state index >= 15 is 0 Å². The van der Waals surface area contributed by atoms with E-state index in [1.54, 1.807) is 0 Å². The van der Waals surface area contributed by atoms with Gasteiger partial charge in [-0.2, -0.15) is 4.98 Å². The molecular weight excluding hydrogens is 317 g/mol. The summed E-state index contributed by atoms with van der Waals surface area (Å²) in [6.07, 6.45) is 3.41. The summed E-state index contributed by atoms with van der Waals surface area (Å²) >= 11 is 5.38. The van der Waals surface area contributed by atoms with Crippen molar-refractivity contribution < 1.29 is 19.0 Å². The van der Waals surface area contributed by atoms with Crippen molar-refractivity contribution in [3.8, 4) is 0 Å². The van der Waals surface area contributed by atoms with Crippen LogP contribution in [-0.4, -0.2) is 39.2 Å². The molecule has 1 fully saturated rings. The minimum atomic E-state index is -0.858. The Bertz CT molecular complexity index is 634. The van der Waals surface area contributed by atoms with Crippen LogP contribution in [0.4, 0.5) is 10.2 Å². The number of anilines is 1. The molecule has 0 radical (unpaired) electrons. The number of carbonyl (C=O) groups excluding carboxylic acids is 1. The first-order valence-corrected chi connectivity index (χ1v) is 7.17. The van der Waals surface area contributed by atoms with Gasteiger partial charge in [0.15, 0.2) is 11.6 Å². The molecule has 0 aromatic carbocycles. The van der Waals surface area contributed by atoms with Gasteiger partial charge in [-0.05, 0) is 12.8 Å². The number of aliphatic hydroxyl groups is 1. The predicted molar refractivity (Wildman–Crippen MR) is 77.2 cm³/mol. The van der Waals surface area contributed by atoms with Crippen LogP contribution in [-0.2, 0) is 9.53 Å². The van der Waals surface area contributed by atoms with Gasteiger partial charge >= 0.3 is 5.69 Å². The number of hydrogen-bond donors (Lipinski definition) is 2. The summed E-state index contributed by atoms with van der Waals surface area (Å²) in [5, 5.41) is 11.2. The molecule has 1 aliphatic heterocycles. The normalized spacial score (nSPS) is 21.4. The maximum atomic E-state index is 14.0. The topological polar surface area (TPSA) is 93.5 Å². The van der Waals surface area contributed by atoms with Crippen LogP contribution >= 0.6 is 11.6 Å². The quantitative estimate of drug-likeness (QED) is 0.614. The molecule has 7 nitrogen and oxygen atoms in total. The first-order chi connectivity index (χ1) is 10.5. The van der Waals surface area contributed by atoms with Crippen LogP contribution in [0, 0.1) is 5.82 Å². The van der Waals surface area contributed by atoms with E-state index in [-0.39, 0.29) is 18.6 Å². The molecule has 1 aromatic heterocycles. The zero-order valence-electron chi connectivity index (χ0n) is 11.5. The van der Waals surface area contributed by atoms with Gasteiger partial charge in [0.05, 0.1) is 18.9 Å². The summed E-state index contributed by atoms with van der Waals surface area (Å²) in [4.78, 5) is 26.9. The van der Waals surface area contributed by atoms with Crippen LogP contribution < -0.4 is 11.0 Å². The van der Waals surface area contributed by atoms with Crippen molar-refractivity contribution in [2.45, 2.75) is 25.2 Å². The molecule has 9 heteroatoms. The molecule has 2 rings (SSSR count). The number of aliphatic hydroxyl groups excluding tert-OH is 1. The molecule has 2 unspecified atom stereocenters. The lowest BCUT2D eigenvalue weighted by atomic mass is 10.2. The fraction of sp³-hybridized carbons (Fsp3) is 0.462. The Hall–Kier alpha value is -1.77. The summed E-state index contributed by atoms with van der Waals surface area (Å²) in [5.41, 5.74) is -0.749. The molecule has 0 saturated carbocycles. The van der Waals surface area contributed by atoms with Crippen LogP contribution in [0.1, 0.15) is 19.1 Å². The zero-order valence-corrected chi connectivity index (χ0v) is 12.3. The molecule has 1 saturated heterocycles. The molecule has 0 bridgehead atoms. The smallest absolute Gasteiger partial charge is 0.351 e. The predicted octanol–water partition coefficient (Wildman–Crippen LogP) is 0.786. The first kappa shape index (κ1) is 16.6. The molecule has 2 heterocycles. The van der Waals surface area contributed by atoms with Gasteiger partial charge < -0.3 is 15.2 Å². The van der Waals surface area contributed by atoms with Gasteiger partial charge in [0.1, 0.15) is 6.23 Å². The van der Waals surface area contributed by atoms with Crippen LogP contribution in [0.2, 0.25) is 0 Å². The second kappa shape index (κ2) is 7.48. The largest absolute Gasteiger partial charge is 0.394 e. The molecule has 0 spiro atoms. The van der Waals surface area contributed by atoms with E-state index < -0.39 is 29.5 Å². The number of nitrogens with zero attached hydrogens (tertiary/aromatic N) is 2. The van der Waals surface area contributed by atoms with E-state index in [0.29, 0.717) is 12.8 Å². The second-order valence-electron chi connectivity index (χ2n) is 4.65. The summed E-state index contributed by atoms with van der Waals surface area (Å²) < 4.78 is 20.4. The fourth-order valence-electron chi connectivity index (χ4n) is 2.07. The second-order valence-corrected chi connectivity index (χ2v) is 4.95. The molecule has 0 aliphatic carbocycles. The molecule has 1 aliphatic rings. The summed E-state index contributed by atoms with van der Waals surface area (Å²) in [5.74, 6) is -1.82. The van der Waals surface area contributed by atoms with Gasteiger partial charge in [-0.3, -0.25) is 9.36 Å². The van der Waals surface area contributed by atoms with Crippen molar-refractivity contribution in [3.63, 3.8) is 0 Å². The van der Waals surface area contributed by atoms with E-state index in [2.05, 4.69) is 10.3 Å². The molecular formula is C13H15ClFN3O4. The van der Waals surface area contributed by atoms with Crippen LogP contribution in [0.15, 0.2) is 23.1 Å². The van der Waals surface area contributed by atoms with Crippen molar-refractivity contribution in [2.75, 3.05) is 17.8 Å². The van der Waals surface area contributed by atoms with Gasteiger partial charge in [-0.1, -0.05) is 6.08 Å². The van der Waals surface area contributed by atoms with Crippen molar-refractivity contribution >= 4 is 23.3 Å². The maximum Gasteiger partial charge on any atom is 0.351 e. The number of hydrogen-bond acceptors (Lipinski definition) is 5. The lowest BCUT2D eigenvalue weighted by Crippen LogP contribution is -2.29. The Kier molecular flexibility index (Phi) is 5.64. The highest BCUT2D eigenvalue weighted by Crippen LogP contribution is 2.27. The first-order valence-electron chi connectivity index (χ1n) is 6.63. The Balaban J connectivity index is 2.17. The SMILES string of the molecule is O=C(/C=C/CCl)Nc1nc(=O)n(C2CCC(CO)O2)cc1F. The van der Waals surface area contributed by atoms with E-state index in [1.165, 1.54) is 6.08 Å². The summed E-state index contributed by atoms with van der Waals surface area (Å²) in [7, 11) is 0. The van der Waals surface area contributed by atoms with Crippen LogP contribution in [0.25, 0.3) is 0 Å². The highest BCUT2D eigenvalue weighted by Gasteiger charge is 2.27. The van der Waals surface area contributed by atoms with Gasteiger partial charge in [-0.25, -0.2) is 9.18 Å². The monoisotopic (exact) mass is 331 g/mol. The van der Waals surface area contributed by atoms with Crippen LogP contribution in [0.3, 0.4) is 0 Å². The lowest BCUT2D eigenvalue weighted by molar-refractivity contribution is -0.112. The van der Waals surface area contributed by atoms with Crippen molar-refractivity contribution in [1.29, 1.82) is 0 Å². The third-order valence-corrected chi connectivity index (χ3v) is 3.28. The highest BCUT2D eigenvalue weighted by molar-refractivity contribution is 6.19. The minimum Gasteiger partial charge on any atom is -0.394 e. The van der Waals surface area contributed by atoms with Gasteiger partial charge in [0, 0.05) is 12.0 Å². The molecule has 1 aromatic rings. The third-order valence-electron chi connectivity index (χ3n) is 3.11. The van der Waals surface area contributed by atoms with Crippen molar-refractivity contribution in [1.82, 2.24) is 9.55 Å². The Morgan fingerprint density at radius 1 is 1.64 bits per heavy atom. The van der Waals surface area contributed by atoms with Crippen LogP contribution in [0.5, 0.6) is 0 Å². The number of amides is 1. The molecule has 2 N–H and O–H groups in total. The fourth-order valence-corrected chi connectivity index (χ4v) is 2.16. The zero-order chi connectivity index (χ0) is 16.1. The minimum absolute atomic E-state index is 0.135. The van der Waals surface area contributed by atoms with Gasteiger partial charge in [0.2, 0.25) is 5.91 Å². The Morgan fingerprint density at radius 2 is 2.41 bits per heavy atom. The van der Waals surface area contributed by atoms with Crippen molar-refractivity contribution in [2.24, 2.45) is 0 Å². The standard InChI is InChI=1S/C13H15ClFN3O4/c14-5-1-2-10(20)16-12-9(15)6-18(13(21)17-12)11-4-3-8(7-19)22-11/h1-2,6,8,11,19H,3-5,7H2,(H,16,17,20,21)/b2-1+. The number of allylic oxidation sites excluding steroid dienone is 1. The number of ether oxygens (including phenoxy) is 1. The maximum absolute atomic E-state index is 14.0. The van der Waals surface area contributed by atoms with Crippen molar-refractivity contribution in [3.05, 3.63) is 34.7 Å². The average molecular weight is 332 g/mol. The number of aromatic nitrogens is 2. The summed E-state index contributed by atoms with van der Waals surface area (Å²) in [6, 6.07) is 0. The number of rotatable bonds is 5. The van der Waals surface area contributed by atoms with E-state index in [0.717, 1.165) is 16.8 Å². The number of halogens is 2.